The Kier molecular flexibility index (Phi) is 10.9. The standard InChI is InChI=1S/C28H40ClN5O/c1-5-8-21(4)19-23-9-12-24(13-10-23)34-17-15-26(33-34)35-18-16-30-28-27(29)25(31-20-32-28)14-11-22(6-2)7-3/h9-10,12-13,15,17,20-22H,5-8,11,14,16,18-19H2,1-4H3,(H,30,31,32). The second kappa shape index (κ2) is 14.1. The lowest BCUT2D eigenvalue weighted by Crippen LogP contribution is -2.14. The van der Waals surface area contributed by atoms with Gasteiger partial charge in [0.05, 0.1) is 17.9 Å². The summed E-state index contributed by atoms with van der Waals surface area (Å²) in [4.78, 5) is 8.69. The molecule has 35 heavy (non-hydrogen) atoms. The molecule has 0 saturated carbocycles. The molecule has 0 bridgehead atoms. The van der Waals surface area contributed by atoms with Crippen molar-refractivity contribution in [2.45, 2.75) is 72.6 Å². The van der Waals surface area contributed by atoms with Crippen LogP contribution in [0.1, 0.15) is 71.1 Å². The SMILES string of the molecule is CCCC(C)Cc1ccc(-n2ccc(OCCNc3ncnc(CCC(CC)CC)c3Cl)n2)cc1. The number of hydrogen-bond donors (Lipinski definition) is 1. The number of halogens is 1. The molecule has 190 valence electrons. The van der Waals surface area contributed by atoms with Crippen molar-refractivity contribution in [1.82, 2.24) is 19.7 Å². The van der Waals surface area contributed by atoms with Gasteiger partial charge in [-0.1, -0.05) is 77.1 Å². The van der Waals surface area contributed by atoms with Crippen LogP contribution < -0.4 is 10.1 Å². The van der Waals surface area contributed by atoms with E-state index in [2.05, 4.69) is 72.3 Å². The van der Waals surface area contributed by atoms with Gasteiger partial charge in [-0.3, -0.25) is 0 Å². The smallest absolute Gasteiger partial charge is 0.233 e. The van der Waals surface area contributed by atoms with Crippen molar-refractivity contribution in [3.63, 3.8) is 0 Å². The van der Waals surface area contributed by atoms with Crippen LogP contribution in [-0.2, 0) is 12.8 Å². The Bertz CT molecular complexity index is 1020. The number of benzene rings is 1. The maximum atomic E-state index is 6.56. The van der Waals surface area contributed by atoms with Gasteiger partial charge in [-0.25, -0.2) is 14.6 Å². The molecule has 2 aromatic heterocycles. The summed E-state index contributed by atoms with van der Waals surface area (Å²) in [6, 6.07) is 10.5. The molecule has 0 aliphatic carbocycles. The Hall–Kier alpha value is -2.60. The van der Waals surface area contributed by atoms with Crippen LogP contribution in [0.5, 0.6) is 5.88 Å². The molecule has 1 unspecified atom stereocenters. The monoisotopic (exact) mass is 497 g/mol. The first-order chi connectivity index (χ1) is 17.0. The third kappa shape index (κ3) is 8.24. The fourth-order valence-corrected chi connectivity index (χ4v) is 4.64. The van der Waals surface area contributed by atoms with Crippen molar-refractivity contribution in [3.8, 4) is 11.6 Å². The summed E-state index contributed by atoms with van der Waals surface area (Å²) in [5.41, 5.74) is 3.30. The predicted molar refractivity (Wildman–Crippen MR) is 145 cm³/mol. The highest BCUT2D eigenvalue weighted by Gasteiger charge is 2.12. The number of ether oxygens (including phenoxy) is 1. The molecule has 2 heterocycles. The Labute approximate surface area is 215 Å². The second-order valence-electron chi connectivity index (χ2n) is 9.34. The number of nitrogens with zero attached hydrogens (tertiary/aromatic N) is 4. The first-order valence-electron chi connectivity index (χ1n) is 13.0. The van der Waals surface area contributed by atoms with Crippen LogP contribution in [0.25, 0.3) is 5.69 Å². The van der Waals surface area contributed by atoms with Crippen LogP contribution in [0.3, 0.4) is 0 Å². The Morgan fingerprint density at radius 2 is 1.80 bits per heavy atom. The maximum Gasteiger partial charge on any atom is 0.233 e. The van der Waals surface area contributed by atoms with E-state index in [9.17, 15) is 0 Å². The largest absolute Gasteiger partial charge is 0.475 e. The molecular weight excluding hydrogens is 458 g/mol. The molecule has 0 aliphatic rings. The van der Waals surface area contributed by atoms with Crippen molar-refractivity contribution >= 4 is 17.4 Å². The summed E-state index contributed by atoms with van der Waals surface area (Å²) in [5.74, 6) is 2.66. The summed E-state index contributed by atoms with van der Waals surface area (Å²) < 4.78 is 7.67. The summed E-state index contributed by atoms with van der Waals surface area (Å²) in [6.45, 7) is 10.0. The maximum absolute atomic E-state index is 6.56. The molecule has 0 spiro atoms. The third-order valence-electron chi connectivity index (χ3n) is 6.58. The van der Waals surface area contributed by atoms with Crippen LogP contribution >= 0.6 is 11.6 Å². The van der Waals surface area contributed by atoms with Gasteiger partial charge in [0.25, 0.3) is 0 Å². The molecule has 3 rings (SSSR count). The highest BCUT2D eigenvalue weighted by molar-refractivity contribution is 6.33. The van der Waals surface area contributed by atoms with Gasteiger partial charge in [0.1, 0.15) is 23.8 Å². The van der Waals surface area contributed by atoms with E-state index in [-0.39, 0.29) is 0 Å². The van der Waals surface area contributed by atoms with Gasteiger partial charge < -0.3 is 10.1 Å². The van der Waals surface area contributed by atoms with Gasteiger partial charge in [0, 0.05) is 12.3 Å². The minimum atomic E-state index is 0.453. The Balaban J connectivity index is 1.47. The topological polar surface area (TPSA) is 64.9 Å². The van der Waals surface area contributed by atoms with Crippen molar-refractivity contribution < 1.29 is 4.74 Å². The van der Waals surface area contributed by atoms with E-state index in [1.807, 2.05) is 16.9 Å². The number of nitrogens with one attached hydrogen (secondary N) is 1. The zero-order chi connectivity index (χ0) is 25.0. The number of rotatable bonds is 15. The zero-order valence-electron chi connectivity index (χ0n) is 21.6. The summed E-state index contributed by atoms with van der Waals surface area (Å²) >= 11 is 6.56. The van der Waals surface area contributed by atoms with E-state index in [0.29, 0.717) is 41.7 Å². The molecule has 7 heteroatoms. The Morgan fingerprint density at radius 1 is 1.03 bits per heavy atom. The number of anilines is 1. The molecule has 1 atom stereocenters. The molecule has 0 radical (unpaired) electrons. The summed E-state index contributed by atoms with van der Waals surface area (Å²) in [7, 11) is 0. The van der Waals surface area contributed by atoms with Gasteiger partial charge in [-0.05, 0) is 48.8 Å². The van der Waals surface area contributed by atoms with E-state index < -0.39 is 0 Å². The van der Waals surface area contributed by atoms with Gasteiger partial charge in [0.2, 0.25) is 5.88 Å². The lowest BCUT2D eigenvalue weighted by molar-refractivity contribution is 0.317. The van der Waals surface area contributed by atoms with E-state index in [4.69, 9.17) is 16.3 Å². The van der Waals surface area contributed by atoms with Gasteiger partial charge >= 0.3 is 0 Å². The number of aryl methyl sites for hydroxylation is 1. The van der Waals surface area contributed by atoms with Gasteiger partial charge in [-0.2, -0.15) is 0 Å². The highest BCUT2D eigenvalue weighted by atomic mass is 35.5. The molecule has 0 aliphatic heterocycles. The average molecular weight is 498 g/mol. The molecule has 0 amide bonds. The first-order valence-corrected chi connectivity index (χ1v) is 13.4. The number of hydrogen-bond acceptors (Lipinski definition) is 5. The van der Waals surface area contributed by atoms with E-state index in [1.54, 1.807) is 6.33 Å². The zero-order valence-corrected chi connectivity index (χ0v) is 22.4. The van der Waals surface area contributed by atoms with Crippen LogP contribution in [0.4, 0.5) is 5.82 Å². The van der Waals surface area contributed by atoms with Gasteiger partial charge in [-0.15, -0.1) is 5.10 Å². The lowest BCUT2D eigenvalue weighted by Gasteiger charge is -2.13. The molecule has 1 aromatic carbocycles. The molecular formula is C28H40ClN5O. The fraction of sp³-hybridized carbons (Fsp3) is 0.536. The van der Waals surface area contributed by atoms with Crippen molar-refractivity contribution in [1.29, 1.82) is 0 Å². The van der Waals surface area contributed by atoms with E-state index in [0.717, 1.165) is 30.6 Å². The number of aromatic nitrogens is 4. The summed E-state index contributed by atoms with van der Waals surface area (Å²) in [5, 5.41) is 8.42. The fourth-order valence-electron chi connectivity index (χ4n) is 4.38. The van der Waals surface area contributed by atoms with Crippen LogP contribution in [0, 0.1) is 11.8 Å². The van der Waals surface area contributed by atoms with Crippen molar-refractivity contribution in [2.75, 3.05) is 18.5 Å². The van der Waals surface area contributed by atoms with Crippen LogP contribution in [-0.4, -0.2) is 32.9 Å². The minimum absolute atomic E-state index is 0.453. The van der Waals surface area contributed by atoms with Crippen molar-refractivity contribution in [3.05, 3.63) is 59.1 Å². The third-order valence-corrected chi connectivity index (χ3v) is 6.98. The first kappa shape index (κ1) is 27.0. The molecule has 3 aromatic rings. The Morgan fingerprint density at radius 3 is 2.51 bits per heavy atom. The quantitative estimate of drug-likeness (QED) is 0.226. The molecule has 0 saturated heterocycles. The highest BCUT2D eigenvalue weighted by Crippen LogP contribution is 2.25. The van der Waals surface area contributed by atoms with Crippen LogP contribution in [0.2, 0.25) is 5.02 Å². The summed E-state index contributed by atoms with van der Waals surface area (Å²) in [6.07, 6.45) is 11.4. The van der Waals surface area contributed by atoms with E-state index >= 15 is 0 Å². The molecule has 1 N–H and O–H groups in total. The molecule has 0 fully saturated rings. The van der Waals surface area contributed by atoms with Crippen molar-refractivity contribution in [2.24, 2.45) is 11.8 Å². The second-order valence-corrected chi connectivity index (χ2v) is 9.72. The van der Waals surface area contributed by atoms with E-state index in [1.165, 1.54) is 31.2 Å². The average Bonchev–Trinajstić information content (AvgIpc) is 3.33. The predicted octanol–water partition coefficient (Wildman–Crippen LogP) is 7.15. The van der Waals surface area contributed by atoms with Crippen LogP contribution in [0.15, 0.2) is 42.9 Å². The lowest BCUT2D eigenvalue weighted by atomic mass is 9.96. The minimum Gasteiger partial charge on any atom is -0.475 e. The van der Waals surface area contributed by atoms with Gasteiger partial charge in [0.15, 0.2) is 0 Å². The normalized spacial score (nSPS) is 12.2. The molecule has 6 nitrogen and oxygen atoms in total.